The molecule has 1 heterocycles. The Kier molecular flexibility index (Phi) is 3.85. The summed E-state index contributed by atoms with van der Waals surface area (Å²) in [5.41, 5.74) is 7.64. The van der Waals surface area contributed by atoms with Crippen LogP contribution in [-0.2, 0) is 6.54 Å². The highest BCUT2D eigenvalue weighted by molar-refractivity contribution is 5.15. The van der Waals surface area contributed by atoms with Crippen molar-refractivity contribution in [1.29, 1.82) is 0 Å². The lowest BCUT2D eigenvalue weighted by molar-refractivity contribution is 0.0553. The second kappa shape index (κ2) is 5.19. The maximum absolute atomic E-state index is 6.24. The van der Waals surface area contributed by atoms with E-state index in [1.54, 1.807) is 0 Å². The Morgan fingerprint density at radius 3 is 2.47 bits per heavy atom. The van der Waals surface area contributed by atoms with Crippen molar-refractivity contribution in [3.05, 3.63) is 35.9 Å². The van der Waals surface area contributed by atoms with Crippen molar-refractivity contribution in [2.75, 3.05) is 6.54 Å². The maximum Gasteiger partial charge on any atom is 0.0236 e. The van der Waals surface area contributed by atoms with Gasteiger partial charge in [0.05, 0.1) is 0 Å². The summed E-state index contributed by atoms with van der Waals surface area (Å²) in [6.45, 7) is 9.01. The molecule has 1 aromatic rings. The second-order valence-electron chi connectivity index (χ2n) is 5.57. The van der Waals surface area contributed by atoms with Gasteiger partial charge in [-0.25, -0.2) is 0 Å². The van der Waals surface area contributed by atoms with E-state index in [0.29, 0.717) is 23.9 Å². The molecule has 0 amide bonds. The molecular formula is C15H24N2. The lowest BCUT2D eigenvalue weighted by atomic mass is 9.81. The molecule has 94 valence electrons. The second-order valence-corrected chi connectivity index (χ2v) is 5.57. The minimum atomic E-state index is 0.344. The number of nitrogens with zero attached hydrogens (tertiary/aromatic N) is 1. The summed E-state index contributed by atoms with van der Waals surface area (Å²) in [4.78, 5) is 2.56. The predicted molar refractivity (Wildman–Crippen MR) is 72.6 cm³/mol. The Balaban J connectivity index is 2.06. The summed E-state index contributed by atoms with van der Waals surface area (Å²) in [5.74, 6) is 1.16. The van der Waals surface area contributed by atoms with Crippen LogP contribution in [-0.4, -0.2) is 23.5 Å². The fourth-order valence-corrected chi connectivity index (χ4v) is 2.86. The van der Waals surface area contributed by atoms with Gasteiger partial charge >= 0.3 is 0 Å². The largest absolute Gasteiger partial charge is 0.327 e. The summed E-state index contributed by atoms with van der Waals surface area (Å²) in [5, 5.41) is 0. The van der Waals surface area contributed by atoms with Crippen LogP contribution in [0.3, 0.4) is 0 Å². The molecule has 0 bridgehead atoms. The number of benzene rings is 1. The van der Waals surface area contributed by atoms with Crippen LogP contribution in [0.5, 0.6) is 0 Å². The van der Waals surface area contributed by atoms with Crippen molar-refractivity contribution >= 4 is 0 Å². The molecule has 2 nitrogen and oxygen atoms in total. The van der Waals surface area contributed by atoms with Gasteiger partial charge in [-0.05, 0) is 24.3 Å². The quantitative estimate of drug-likeness (QED) is 0.849. The van der Waals surface area contributed by atoms with E-state index in [1.165, 1.54) is 5.56 Å². The van der Waals surface area contributed by atoms with Crippen LogP contribution in [0, 0.1) is 11.8 Å². The first-order valence-electron chi connectivity index (χ1n) is 6.63. The summed E-state index contributed by atoms with van der Waals surface area (Å²) >= 11 is 0. The van der Waals surface area contributed by atoms with Crippen LogP contribution >= 0.6 is 0 Å². The van der Waals surface area contributed by atoms with Crippen molar-refractivity contribution in [3.8, 4) is 0 Å². The summed E-state index contributed by atoms with van der Waals surface area (Å²) in [6.07, 6.45) is 0. The van der Waals surface area contributed by atoms with E-state index in [9.17, 15) is 0 Å². The number of hydrogen-bond donors (Lipinski definition) is 1. The first-order chi connectivity index (χ1) is 8.09. The molecule has 0 aliphatic carbocycles. The molecule has 0 saturated carbocycles. The van der Waals surface area contributed by atoms with Gasteiger partial charge in [-0.1, -0.05) is 44.2 Å². The van der Waals surface area contributed by atoms with Gasteiger partial charge in [-0.2, -0.15) is 0 Å². The fraction of sp³-hybridized carbons (Fsp3) is 0.600. The molecule has 2 N–H and O–H groups in total. The van der Waals surface area contributed by atoms with E-state index in [1.807, 2.05) is 0 Å². The Hall–Kier alpha value is -0.860. The molecule has 1 saturated heterocycles. The van der Waals surface area contributed by atoms with Gasteiger partial charge in [0.1, 0.15) is 0 Å². The highest BCUT2D eigenvalue weighted by Gasteiger charge is 2.34. The first-order valence-corrected chi connectivity index (χ1v) is 6.63. The molecule has 0 aromatic heterocycles. The van der Waals surface area contributed by atoms with E-state index >= 15 is 0 Å². The molecule has 1 aromatic carbocycles. The standard InChI is InChI=1S/C15H24N2/c1-11-9-17(13(3)12(2)15(11)16)10-14-7-5-4-6-8-14/h4-8,11-13,15H,9-10,16H2,1-3H3/t11-,12+,13-,15+/m1/s1. The lowest BCUT2D eigenvalue weighted by Crippen LogP contribution is -2.55. The molecule has 1 aliphatic rings. The van der Waals surface area contributed by atoms with Crippen molar-refractivity contribution in [2.45, 2.75) is 39.4 Å². The summed E-state index contributed by atoms with van der Waals surface area (Å²) in [6, 6.07) is 11.6. The van der Waals surface area contributed by atoms with Crippen LogP contribution in [0.1, 0.15) is 26.3 Å². The Bertz CT molecular complexity index is 349. The van der Waals surface area contributed by atoms with E-state index in [2.05, 4.69) is 56.0 Å². The summed E-state index contributed by atoms with van der Waals surface area (Å²) < 4.78 is 0. The zero-order valence-electron chi connectivity index (χ0n) is 11.1. The Morgan fingerprint density at radius 2 is 1.82 bits per heavy atom. The first kappa shape index (κ1) is 12.6. The van der Waals surface area contributed by atoms with Crippen molar-refractivity contribution in [1.82, 2.24) is 4.90 Å². The van der Waals surface area contributed by atoms with Gasteiger partial charge in [0.25, 0.3) is 0 Å². The molecule has 2 heteroatoms. The number of likely N-dealkylation sites (tertiary alicyclic amines) is 1. The topological polar surface area (TPSA) is 29.3 Å². The zero-order chi connectivity index (χ0) is 12.4. The molecule has 0 radical (unpaired) electrons. The van der Waals surface area contributed by atoms with Gasteiger partial charge in [-0.15, -0.1) is 0 Å². The Labute approximate surface area is 105 Å². The van der Waals surface area contributed by atoms with Gasteiger partial charge in [0.2, 0.25) is 0 Å². The van der Waals surface area contributed by atoms with Crippen LogP contribution < -0.4 is 5.73 Å². The van der Waals surface area contributed by atoms with E-state index in [4.69, 9.17) is 5.73 Å². The molecule has 0 unspecified atom stereocenters. The van der Waals surface area contributed by atoms with Gasteiger partial charge < -0.3 is 5.73 Å². The van der Waals surface area contributed by atoms with Crippen LogP contribution in [0.4, 0.5) is 0 Å². The molecular weight excluding hydrogens is 208 g/mol. The van der Waals surface area contributed by atoms with Crippen molar-refractivity contribution in [3.63, 3.8) is 0 Å². The van der Waals surface area contributed by atoms with Crippen molar-refractivity contribution < 1.29 is 0 Å². The van der Waals surface area contributed by atoms with E-state index in [0.717, 1.165) is 13.1 Å². The smallest absolute Gasteiger partial charge is 0.0236 e. The third-order valence-electron chi connectivity index (χ3n) is 4.35. The number of hydrogen-bond acceptors (Lipinski definition) is 2. The third-order valence-corrected chi connectivity index (χ3v) is 4.35. The maximum atomic E-state index is 6.24. The average Bonchev–Trinajstić information content (AvgIpc) is 2.35. The highest BCUT2D eigenvalue weighted by Crippen LogP contribution is 2.27. The SMILES string of the molecule is C[C@@H]1[C@@H](N)[C@H](C)CN(Cc2ccccc2)[C@@H]1C. The minimum absolute atomic E-state index is 0.344. The average molecular weight is 232 g/mol. The molecule has 1 fully saturated rings. The van der Waals surface area contributed by atoms with Crippen molar-refractivity contribution in [2.24, 2.45) is 17.6 Å². The van der Waals surface area contributed by atoms with Gasteiger partial charge in [0.15, 0.2) is 0 Å². The van der Waals surface area contributed by atoms with Crippen LogP contribution in [0.2, 0.25) is 0 Å². The molecule has 0 spiro atoms. The lowest BCUT2D eigenvalue weighted by Gasteiger charge is -2.45. The molecule has 4 atom stereocenters. The zero-order valence-corrected chi connectivity index (χ0v) is 11.1. The van der Waals surface area contributed by atoms with Crippen LogP contribution in [0.15, 0.2) is 30.3 Å². The summed E-state index contributed by atoms with van der Waals surface area (Å²) in [7, 11) is 0. The van der Waals surface area contributed by atoms with Gasteiger partial charge in [0, 0.05) is 25.2 Å². The number of nitrogens with two attached hydrogens (primary N) is 1. The third kappa shape index (κ3) is 2.70. The molecule has 2 rings (SSSR count). The highest BCUT2D eigenvalue weighted by atomic mass is 15.2. The van der Waals surface area contributed by atoms with Crippen LogP contribution in [0.25, 0.3) is 0 Å². The molecule has 1 aliphatic heterocycles. The normalized spacial score (nSPS) is 34.8. The Morgan fingerprint density at radius 1 is 1.18 bits per heavy atom. The molecule has 17 heavy (non-hydrogen) atoms. The monoisotopic (exact) mass is 232 g/mol. The number of rotatable bonds is 2. The minimum Gasteiger partial charge on any atom is -0.327 e. The van der Waals surface area contributed by atoms with Gasteiger partial charge in [-0.3, -0.25) is 4.90 Å². The number of piperidine rings is 1. The fourth-order valence-electron chi connectivity index (χ4n) is 2.86. The van der Waals surface area contributed by atoms with E-state index < -0.39 is 0 Å². The predicted octanol–water partition coefficient (Wildman–Crippen LogP) is 2.49. The van der Waals surface area contributed by atoms with E-state index in [-0.39, 0.29) is 0 Å².